The summed E-state index contributed by atoms with van der Waals surface area (Å²) >= 11 is 0. The Hall–Kier alpha value is -2.62. The highest BCUT2D eigenvalue weighted by Crippen LogP contribution is 2.44. The van der Waals surface area contributed by atoms with E-state index in [1.807, 2.05) is 36.4 Å². The van der Waals surface area contributed by atoms with Crippen LogP contribution in [-0.4, -0.2) is 27.9 Å². The second-order valence-corrected chi connectivity index (χ2v) is 6.96. The summed E-state index contributed by atoms with van der Waals surface area (Å²) in [5.41, 5.74) is 4.30. The molecule has 4 heteroatoms. The lowest BCUT2D eigenvalue weighted by molar-refractivity contribution is -0.136. The van der Waals surface area contributed by atoms with Crippen LogP contribution in [0.4, 0.5) is 0 Å². The predicted molar refractivity (Wildman–Crippen MR) is 94.5 cm³/mol. The molecule has 2 aliphatic heterocycles. The molecule has 2 aromatic rings. The van der Waals surface area contributed by atoms with Gasteiger partial charge in [-0.15, -0.1) is 0 Å². The molecule has 4 nitrogen and oxygen atoms in total. The van der Waals surface area contributed by atoms with E-state index in [2.05, 4.69) is 17.0 Å². The molecule has 128 valence electrons. The number of benzene rings is 2. The van der Waals surface area contributed by atoms with E-state index in [0.29, 0.717) is 6.42 Å². The van der Waals surface area contributed by atoms with Gasteiger partial charge in [-0.3, -0.25) is 9.59 Å². The van der Waals surface area contributed by atoms with Crippen molar-refractivity contribution in [2.45, 2.75) is 44.2 Å². The van der Waals surface area contributed by atoms with Crippen LogP contribution in [-0.2, 0) is 17.6 Å². The van der Waals surface area contributed by atoms with Crippen LogP contribution >= 0.6 is 0 Å². The highest BCUT2D eigenvalue weighted by atomic mass is 16.4. The fourth-order valence-corrected chi connectivity index (χ4v) is 4.23. The van der Waals surface area contributed by atoms with E-state index in [1.54, 1.807) is 0 Å². The zero-order valence-electron chi connectivity index (χ0n) is 14.0. The Balaban J connectivity index is 1.64. The van der Waals surface area contributed by atoms with Crippen LogP contribution in [0.3, 0.4) is 0 Å². The molecule has 2 bridgehead atoms. The highest BCUT2D eigenvalue weighted by Gasteiger charge is 2.42. The van der Waals surface area contributed by atoms with Crippen molar-refractivity contribution in [2.24, 2.45) is 0 Å². The summed E-state index contributed by atoms with van der Waals surface area (Å²) in [5, 5.41) is 8.91. The number of hydrogen-bond acceptors (Lipinski definition) is 2. The van der Waals surface area contributed by atoms with Gasteiger partial charge in [-0.25, -0.2) is 0 Å². The first-order valence-corrected chi connectivity index (χ1v) is 8.84. The molecule has 0 saturated carbocycles. The average Bonchev–Trinajstić information content (AvgIpc) is 2.95. The SMILES string of the molecule is O=C(O)CCc1ccc2c(c1)C1CCC(C2)N1C(=O)c1ccccc1. The van der Waals surface area contributed by atoms with Crippen LogP contribution in [0.2, 0.25) is 0 Å². The number of carboxylic acids is 1. The molecule has 25 heavy (non-hydrogen) atoms. The molecule has 2 atom stereocenters. The van der Waals surface area contributed by atoms with Gasteiger partial charge >= 0.3 is 5.97 Å². The third-order valence-electron chi connectivity index (χ3n) is 5.41. The average molecular weight is 335 g/mol. The summed E-state index contributed by atoms with van der Waals surface area (Å²) in [7, 11) is 0. The molecule has 0 aliphatic carbocycles. The number of carboxylic acid groups (broad SMARTS) is 1. The van der Waals surface area contributed by atoms with E-state index in [-0.39, 0.29) is 24.4 Å². The maximum Gasteiger partial charge on any atom is 0.303 e. The number of rotatable bonds is 4. The Morgan fingerprint density at radius 2 is 1.88 bits per heavy atom. The lowest BCUT2D eigenvalue weighted by atomic mass is 9.90. The van der Waals surface area contributed by atoms with Crippen molar-refractivity contribution in [2.75, 3.05) is 0 Å². The zero-order chi connectivity index (χ0) is 17.4. The van der Waals surface area contributed by atoms with Gasteiger partial charge in [-0.1, -0.05) is 36.4 Å². The zero-order valence-corrected chi connectivity index (χ0v) is 14.0. The van der Waals surface area contributed by atoms with Crippen molar-refractivity contribution >= 4 is 11.9 Å². The summed E-state index contributed by atoms with van der Waals surface area (Å²) in [6.07, 6.45) is 3.58. The summed E-state index contributed by atoms with van der Waals surface area (Å²) in [5.74, 6) is -0.672. The van der Waals surface area contributed by atoms with E-state index < -0.39 is 5.97 Å². The topological polar surface area (TPSA) is 57.6 Å². The third kappa shape index (κ3) is 2.93. The van der Waals surface area contributed by atoms with Crippen LogP contribution in [0.1, 0.15) is 52.4 Å². The Morgan fingerprint density at radius 3 is 2.64 bits per heavy atom. The molecule has 0 aromatic heterocycles. The van der Waals surface area contributed by atoms with Gasteiger partial charge in [0.05, 0.1) is 6.04 Å². The van der Waals surface area contributed by atoms with Crippen LogP contribution in [0.15, 0.2) is 48.5 Å². The molecule has 0 radical (unpaired) electrons. The van der Waals surface area contributed by atoms with E-state index in [9.17, 15) is 9.59 Å². The normalized spacial score (nSPS) is 21.0. The minimum atomic E-state index is -0.778. The lowest BCUT2D eigenvalue weighted by Gasteiger charge is -2.37. The van der Waals surface area contributed by atoms with Gasteiger partial charge < -0.3 is 10.0 Å². The van der Waals surface area contributed by atoms with Gasteiger partial charge in [0.1, 0.15) is 0 Å². The molecule has 1 fully saturated rings. The summed E-state index contributed by atoms with van der Waals surface area (Å²) in [6.45, 7) is 0. The van der Waals surface area contributed by atoms with E-state index >= 15 is 0 Å². The molecule has 0 spiro atoms. The standard InChI is InChI=1S/C21H21NO3/c23-20(24)11-7-14-6-8-16-13-17-9-10-19(18(16)12-14)22(17)21(25)15-4-2-1-3-5-15/h1-6,8,12,17,19H,7,9-11,13H2,(H,23,24). The molecule has 1 saturated heterocycles. The molecular formula is C21H21NO3. The summed E-state index contributed by atoms with van der Waals surface area (Å²) in [4.78, 5) is 25.9. The van der Waals surface area contributed by atoms with Crippen molar-refractivity contribution in [1.29, 1.82) is 0 Å². The van der Waals surface area contributed by atoms with Crippen molar-refractivity contribution in [3.8, 4) is 0 Å². The Morgan fingerprint density at radius 1 is 1.08 bits per heavy atom. The first kappa shape index (κ1) is 15.9. The van der Waals surface area contributed by atoms with Gasteiger partial charge in [0.15, 0.2) is 0 Å². The Kier molecular flexibility index (Phi) is 4.04. The fourth-order valence-electron chi connectivity index (χ4n) is 4.23. The van der Waals surface area contributed by atoms with E-state index in [0.717, 1.165) is 30.4 Å². The van der Waals surface area contributed by atoms with Crippen LogP contribution in [0.25, 0.3) is 0 Å². The summed E-state index contributed by atoms with van der Waals surface area (Å²) < 4.78 is 0. The lowest BCUT2D eigenvalue weighted by Crippen LogP contribution is -2.41. The molecule has 2 unspecified atom stereocenters. The maximum absolute atomic E-state index is 13.0. The minimum Gasteiger partial charge on any atom is -0.481 e. The number of aliphatic carboxylic acids is 1. The number of amides is 1. The van der Waals surface area contributed by atoms with Crippen LogP contribution in [0.5, 0.6) is 0 Å². The Labute approximate surface area is 147 Å². The largest absolute Gasteiger partial charge is 0.481 e. The molecule has 2 aromatic carbocycles. The van der Waals surface area contributed by atoms with Gasteiger partial charge in [0.25, 0.3) is 5.91 Å². The van der Waals surface area contributed by atoms with Gasteiger partial charge in [0, 0.05) is 18.0 Å². The minimum absolute atomic E-state index is 0.106. The first-order valence-electron chi connectivity index (χ1n) is 8.84. The predicted octanol–water partition coefficient (Wildman–Crippen LogP) is 3.61. The van der Waals surface area contributed by atoms with Crippen LogP contribution in [0, 0.1) is 0 Å². The van der Waals surface area contributed by atoms with Crippen molar-refractivity contribution < 1.29 is 14.7 Å². The monoisotopic (exact) mass is 335 g/mol. The van der Waals surface area contributed by atoms with Gasteiger partial charge in [0.2, 0.25) is 0 Å². The number of aryl methyl sites for hydroxylation is 1. The number of fused-ring (bicyclic) bond motifs is 4. The molecule has 1 amide bonds. The van der Waals surface area contributed by atoms with E-state index in [1.165, 1.54) is 11.1 Å². The maximum atomic E-state index is 13.0. The molecule has 2 aliphatic rings. The number of nitrogens with zero attached hydrogens (tertiary/aromatic N) is 1. The number of hydrogen-bond donors (Lipinski definition) is 1. The Bertz CT molecular complexity index is 815. The number of carbonyl (C=O) groups is 2. The fraction of sp³-hybridized carbons (Fsp3) is 0.333. The molecule has 2 heterocycles. The molecule has 1 N–H and O–H groups in total. The summed E-state index contributed by atoms with van der Waals surface area (Å²) in [6, 6.07) is 16.1. The van der Waals surface area contributed by atoms with Gasteiger partial charge in [-0.2, -0.15) is 0 Å². The van der Waals surface area contributed by atoms with Crippen molar-refractivity contribution in [1.82, 2.24) is 4.90 Å². The quantitative estimate of drug-likeness (QED) is 0.929. The van der Waals surface area contributed by atoms with Gasteiger partial charge in [-0.05, 0) is 54.5 Å². The van der Waals surface area contributed by atoms with Crippen molar-refractivity contribution in [3.05, 3.63) is 70.8 Å². The third-order valence-corrected chi connectivity index (χ3v) is 5.41. The molecular weight excluding hydrogens is 314 g/mol. The van der Waals surface area contributed by atoms with E-state index in [4.69, 9.17) is 5.11 Å². The second kappa shape index (κ2) is 6.36. The number of carbonyl (C=O) groups excluding carboxylic acids is 1. The highest BCUT2D eigenvalue weighted by molar-refractivity contribution is 5.95. The first-order chi connectivity index (χ1) is 12.1. The second-order valence-electron chi connectivity index (χ2n) is 6.96. The molecule has 4 rings (SSSR count). The van der Waals surface area contributed by atoms with Crippen molar-refractivity contribution in [3.63, 3.8) is 0 Å². The van der Waals surface area contributed by atoms with Crippen LogP contribution < -0.4 is 0 Å². The smallest absolute Gasteiger partial charge is 0.303 e.